The van der Waals surface area contributed by atoms with Gasteiger partial charge in [-0.3, -0.25) is 9.59 Å². The molecular formula is C12H22O6. The smallest absolute Gasteiger partial charge is 0.309 e. The molecule has 6 heteroatoms. The van der Waals surface area contributed by atoms with Gasteiger partial charge in [0.2, 0.25) is 0 Å². The molecule has 0 fully saturated rings. The van der Waals surface area contributed by atoms with Gasteiger partial charge >= 0.3 is 11.9 Å². The number of ether oxygens (including phenoxy) is 4. The number of hydrogen-bond donors (Lipinski definition) is 0. The van der Waals surface area contributed by atoms with Crippen molar-refractivity contribution in [2.75, 3.05) is 41.7 Å². The highest BCUT2D eigenvalue weighted by molar-refractivity contribution is 5.82. The molecule has 0 N–H and O–H groups in total. The zero-order valence-electron chi connectivity index (χ0n) is 11.4. The molecule has 0 spiro atoms. The third kappa shape index (κ3) is 5.46. The largest absolute Gasteiger partial charge is 0.469 e. The van der Waals surface area contributed by atoms with E-state index >= 15 is 0 Å². The lowest BCUT2D eigenvalue weighted by Gasteiger charge is -2.22. The van der Waals surface area contributed by atoms with E-state index in [4.69, 9.17) is 18.9 Å². The van der Waals surface area contributed by atoms with E-state index in [1.165, 1.54) is 28.4 Å². The van der Waals surface area contributed by atoms with Crippen LogP contribution in [-0.4, -0.2) is 53.6 Å². The number of esters is 2. The van der Waals surface area contributed by atoms with Crippen molar-refractivity contribution in [3.8, 4) is 0 Å². The van der Waals surface area contributed by atoms with E-state index in [-0.39, 0.29) is 0 Å². The van der Waals surface area contributed by atoms with Crippen molar-refractivity contribution in [1.29, 1.82) is 0 Å². The van der Waals surface area contributed by atoms with E-state index in [0.29, 0.717) is 26.1 Å². The van der Waals surface area contributed by atoms with Crippen LogP contribution in [0.5, 0.6) is 0 Å². The summed E-state index contributed by atoms with van der Waals surface area (Å²) >= 11 is 0. The van der Waals surface area contributed by atoms with Crippen molar-refractivity contribution in [2.45, 2.75) is 12.8 Å². The quantitative estimate of drug-likeness (QED) is 0.568. The second-order valence-corrected chi connectivity index (χ2v) is 3.82. The first-order valence-electron chi connectivity index (χ1n) is 5.75. The molecule has 2 atom stereocenters. The molecule has 0 heterocycles. The zero-order chi connectivity index (χ0) is 14.0. The fourth-order valence-electron chi connectivity index (χ4n) is 1.76. The van der Waals surface area contributed by atoms with Gasteiger partial charge in [-0.25, -0.2) is 0 Å². The van der Waals surface area contributed by atoms with Gasteiger partial charge in [-0.1, -0.05) is 0 Å². The summed E-state index contributed by atoms with van der Waals surface area (Å²) in [5, 5.41) is 0. The van der Waals surface area contributed by atoms with Crippen LogP contribution in [0.4, 0.5) is 0 Å². The van der Waals surface area contributed by atoms with Crippen molar-refractivity contribution in [2.24, 2.45) is 11.8 Å². The highest BCUT2D eigenvalue weighted by Gasteiger charge is 2.34. The summed E-state index contributed by atoms with van der Waals surface area (Å²) in [6, 6.07) is 0. The monoisotopic (exact) mass is 262 g/mol. The van der Waals surface area contributed by atoms with Crippen molar-refractivity contribution in [1.82, 2.24) is 0 Å². The van der Waals surface area contributed by atoms with Crippen LogP contribution in [0.1, 0.15) is 12.8 Å². The Morgan fingerprint density at radius 2 is 1.11 bits per heavy atom. The van der Waals surface area contributed by atoms with E-state index in [2.05, 4.69) is 0 Å². The molecule has 6 nitrogen and oxygen atoms in total. The van der Waals surface area contributed by atoms with Gasteiger partial charge in [-0.05, 0) is 12.8 Å². The average Bonchev–Trinajstić information content (AvgIpc) is 2.40. The van der Waals surface area contributed by atoms with E-state index in [9.17, 15) is 9.59 Å². The molecule has 0 bridgehead atoms. The van der Waals surface area contributed by atoms with E-state index in [0.717, 1.165) is 0 Å². The minimum Gasteiger partial charge on any atom is -0.469 e. The summed E-state index contributed by atoms with van der Waals surface area (Å²) < 4.78 is 19.3. The Balaban J connectivity index is 4.81. The Morgan fingerprint density at radius 3 is 1.33 bits per heavy atom. The van der Waals surface area contributed by atoms with Gasteiger partial charge in [0, 0.05) is 27.4 Å². The van der Waals surface area contributed by atoms with Crippen molar-refractivity contribution < 1.29 is 28.5 Å². The maximum Gasteiger partial charge on any atom is 0.309 e. The molecule has 0 aromatic carbocycles. The lowest BCUT2D eigenvalue weighted by Crippen LogP contribution is -2.33. The normalized spacial score (nSPS) is 13.8. The van der Waals surface area contributed by atoms with Crippen LogP contribution in [0, 0.1) is 11.8 Å². The van der Waals surface area contributed by atoms with Gasteiger partial charge in [0.05, 0.1) is 26.1 Å². The van der Waals surface area contributed by atoms with Gasteiger partial charge in [0.25, 0.3) is 0 Å². The maximum atomic E-state index is 11.7. The first-order valence-corrected chi connectivity index (χ1v) is 5.75. The van der Waals surface area contributed by atoms with E-state index in [1.54, 1.807) is 0 Å². The molecule has 0 amide bonds. The van der Waals surface area contributed by atoms with Gasteiger partial charge in [-0.2, -0.15) is 0 Å². The average molecular weight is 262 g/mol. The van der Waals surface area contributed by atoms with Crippen molar-refractivity contribution >= 4 is 11.9 Å². The topological polar surface area (TPSA) is 71.1 Å². The summed E-state index contributed by atoms with van der Waals surface area (Å²) in [7, 11) is 5.67. The number of rotatable bonds is 9. The molecule has 0 radical (unpaired) electrons. The summed E-state index contributed by atoms with van der Waals surface area (Å²) in [6.07, 6.45) is 0.819. The zero-order valence-corrected chi connectivity index (χ0v) is 11.4. The van der Waals surface area contributed by atoms with Crippen LogP contribution >= 0.6 is 0 Å². The van der Waals surface area contributed by atoms with Crippen LogP contribution in [-0.2, 0) is 28.5 Å². The Morgan fingerprint density at radius 1 is 0.778 bits per heavy atom. The van der Waals surface area contributed by atoms with Crippen LogP contribution in [0.3, 0.4) is 0 Å². The van der Waals surface area contributed by atoms with Crippen molar-refractivity contribution in [3.63, 3.8) is 0 Å². The van der Waals surface area contributed by atoms with Crippen LogP contribution in [0.25, 0.3) is 0 Å². The van der Waals surface area contributed by atoms with Crippen LogP contribution in [0.15, 0.2) is 0 Å². The fraction of sp³-hybridized carbons (Fsp3) is 0.833. The Labute approximate surface area is 108 Å². The molecule has 18 heavy (non-hydrogen) atoms. The molecule has 2 unspecified atom stereocenters. The third-order valence-corrected chi connectivity index (χ3v) is 2.76. The Hall–Kier alpha value is -1.14. The van der Waals surface area contributed by atoms with Gasteiger partial charge in [-0.15, -0.1) is 0 Å². The molecule has 106 valence electrons. The van der Waals surface area contributed by atoms with Gasteiger partial charge in [0.15, 0.2) is 0 Å². The number of hydrogen-bond acceptors (Lipinski definition) is 6. The molecule has 0 rings (SSSR count). The predicted molar refractivity (Wildman–Crippen MR) is 64.0 cm³/mol. The number of carbonyl (C=O) groups excluding carboxylic acids is 2. The van der Waals surface area contributed by atoms with Crippen molar-refractivity contribution in [3.05, 3.63) is 0 Å². The molecule has 0 aromatic rings. The van der Waals surface area contributed by atoms with Crippen LogP contribution < -0.4 is 0 Å². The SMILES string of the molecule is COCCC(C(=O)OC)C(CCOC)C(=O)OC. The molecule has 0 saturated heterocycles. The second kappa shape index (κ2) is 9.85. The molecule has 0 aliphatic rings. The maximum absolute atomic E-state index is 11.7. The molecule has 0 aliphatic carbocycles. The molecule has 0 saturated carbocycles. The molecular weight excluding hydrogens is 240 g/mol. The summed E-state index contributed by atoms with van der Waals surface area (Å²) in [5.74, 6) is -2.01. The van der Waals surface area contributed by atoms with Gasteiger partial charge in [0.1, 0.15) is 0 Å². The minimum atomic E-state index is -0.572. The minimum absolute atomic E-state index is 0.375. The first-order chi connectivity index (χ1) is 8.62. The van der Waals surface area contributed by atoms with E-state index in [1.807, 2.05) is 0 Å². The Kier molecular flexibility index (Phi) is 9.22. The van der Waals surface area contributed by atoms with Crippen LogP contribution in [0.2, 0.25) is 0 Å². The van der Waals surface area contributed by atoms with E-state index < -0.39 is 23.8 Å². The Bertz CT molecular complexity index is 227. The lowest BCUT2D eigenvalue weighted by atomic mass is 9.87. The highest BCUT2D eigenvalue weighted by atomic mass is 16.5. The standard InChI is InChI=1S/C12H22O6/c1-15-7-5-9(11(13)17-3)10(6-8-16-2)12(14)18-4/h9-10H,5-8H2,1-4H3. The molecule has 0 aliphatic heterocycles. The third-order valence-electron chi connectivity index (χ3n) is 2.76. The number of methoxy groups -OCH3 is 4. The molecule has 0 aromatic heterocycles. The first kappa shape index (κ1) is 16.9. The lowest BCUT2D eigenvalue weighted by molar-refractivity contribution is -0.159. The summed E-state index contributed by atoms with van der Waals surface area (Å²) in [6.45, 7) is 0.750. The second-order valence-electron chi connectivity index (χ2n) is 3.82. The van der Waals surface area contributed by atoms with Gasteiger partial charge < -0.3 is 18.9 Å². The summed E-state index contributed by atoms with van der Waals surface area (Å²) in [4.78, 5) is 23.4. The fourth-order valence-corrected chi connectivity index (χ4v) is 1.76. The number of carbonyl (C=O) groups is 2. The summed E-state index contributed by atoms with van der Waals surface area (Å²) in [5.41, 5.74) is 0. The predicted octanol–water partition coefficient (Wildman–Crippen LogP) is 0.638. The highest BCUT2D eigenvalue weighted by Crippen LogP contribution is 2.23.